The first kappa shape index (κ1) is 23.5. The van der Waals surface area contributed by atoms with Gasteiger partial charge < -0.3 is 14.8 Å². The van der Waals surface area contributed by atoms with E-state index in [1.807, 2.05) is 51.4 Å². The molecule has 0 aliphatic heterocycles. The molecule has 0 aliphatic rings. The van der Waals surface area contributed by atoms with Crippen molar-refractivity contribution in [2.45, 2.75) is 59.4 Å². The summed E-state index contributed by atoms with van der Waals surface area (Å²) in [5.74, 6) is 1.06. The van der Waals surface area contributed by atoms with Crippen LogP contribution >= 0.6 is 10.0 Å². The molecular weight excluding hydrogens is 386 g/mol. The molecule has 29 heavy (non-hydrogen) atoms. The van der Waals surface area contributed by atoms with Gasteiger partial charge in [0.1, 0.15) is 12.3 Å². The van der Waals surface area contributed by atoms with Crippen LogP contribution in [-0.2, 0) is 21.7 Å². The molecule has 0 radical (unpaired) electrons. The van der Waals surface area contributed by atoms with Crippen molar-refractivity contribution in [3.8, 4) is 0 Å². The van der Waals surface area contributed by atoms with Gasteiger partial charge in [-0.05, 0) is 65.9 Å². The Morgan fingerprint density at radius 1 is 1.17 bits per heavy atom. The second kappa shape index (κ2) is 8.56. The molecule has 0 atom stereocenters. The van der Waals surface area contributed by atoms with Crippen molar-refractivity contribution in [2.24, 2.45) is 0 Å². The lowest BCUT2D eigenvalue weighted by Gasteiger charge is -2.27. The normalized spacial score (nSPS) is 13.6. The number of carbonyl (C=O) groups is 1. The smallest absolute Gasteiger partial charge is 0.408 e. The van der Waals surface area contributed by atoms with Crippen molar-refractivity contribution in [3.05, 3.63) is 29.5 Å². The minimum Gasteiger partial charge on any atom is -0.444 e. The van der Waals surface area contributed by atoms with Crippen LogP contribution in [0.3, 0.4) is 0 Å². The number of hydrogen-bond donors (Lipinski definition) is 1. The first-order valence-electron chi connectivity index (χ1n) is 9.91. The molecule has 0 unspecified atom stereocenters. The highest BCUT2D eigenvalue weighted by molar-refractivity contribution is 8.32. The number of alkyl carbamates (subject to hydrolysis) is 1. The van der Waals surface area contributed by atoms with Crippen LogP contribution in [-0.4, -0.2) is 52.6 Å². The molecule has 0 saturated heterocycles. The van der Waals surface area contributed by atoms with E-state index in [9.17, 15) is 4.79 Å². The van der Waals surface area contributed by atoms with Crippen molar-refractivity contribution in [2.75, 3.05) is 31.1 Å². The molecule has 1 N–H and O–H groups in total. The molecule has 0 fully saturated rings. The van der Waals surface area contributed by atoms with Crippen LogP contribution in [0, 0.1) is 6.92 Å². The van der Waals surface area contributed by atoms with Crippen LogP contribution in [0.5, 0.6) is 0 Å². The number of amides is 1. The van der Waals surface area contributed by atoms with Gasteiger partial charge in [0.15, 0.2) is 0 Å². The minimum atomic E-state index is -0.699. The van der Waals surface area contributed by atoms with Crippen molar-refractivity contribution >= 4 is 27.0 Å². The van der Waals surface area contributed by atoms with E-state index in [-0.39, 0.29) is 0 Å². The highest BCUT2D eigenvalue weighted by atomic mass is 32.3. The SMILES string of the molecule is Cc1cccc2c(C(C)(C)NC(=O)OC(C)(C)C)nn(COCCS(C)(C)C)c12. The molecule has 1 heterocycles. The molecule has 0 spiro atoms. The molecule has 2 aromatic rings. The summed E-state index contributed by atoms with van der Waals surface area (Å²) in [4.78, 5) is 12.4. The molecule has 0 bridgehead atoms. The summed E-state index contributed by atoms with van der Waals surface area (Å²) in [5, 5.41) is 8.81. The van der Waals surface area contributed by atoms with Gasteiger partial charge in [-0.3, -0.25) is 0 Å². The second-order valence-corrected chi connectivity index (χ2v) is 14.5. The Hall–Kier alpha value is -1.73. The van der Waals surface area contributed by atoms with Crippen molar-refractivity contribution < 1.29 is 14.3 Å². The lowest BCUT2D eigenvalue weighted by Crippen LogP contribution is -2.44. The van der Waals surface area contributed by atoms with E-state index in [2.05, 4.69) is 37.1 Å². The van der Waals surface area contributed by atoms with E-state index in [0.29, 0.717) is 13.3 Å². The predicted octanol–water partition coefficient (Wildman–Crippen LogP) is 4.77. The van der Waals surface area contributed by atoms with Crippen molar-refractivity contribution in [3.63, 3.8) is 0 Å². The van der Waals surface area contributed by atoms with Crippen LogP contribution in [0.15, 0.2) is 18.2 Å². The molecule has 1 aromatic carbocycles. The van der Waals surface area contributed by atoms with Crippen LogP contribution in [0.2, 0.25) is 0 Å². The van der Waals surface area contributed by atoms with E-state index in [4.69, 9.17) is 14.6 Å². The first-order chi connectivity index (χ1) is 13.2. The topological polar surface area (TPSA) is 65.4 Å². The van der Waals surface area contributed by atoms with Crippen LogP contribution in [0.1, 0.15) is 45.9 Å². The summed E-state index contributed by atoms with van der Waals surface area (Å²) in [5.41, 5.74) is 1.70. The maximum Gasteiger partial charge on any atom is 0.408 e. The summed E-state index contributed by atoms with van der Waals surface area (Å²) in [7, 11) is -0.592. The van der Waals surface area contributed by atoms with E-state index in [1.54, 1.807) is 0 Å². The largest absolute Gasteiger partial charge is 0.444 e. The van der Waals surface area contributed by atoms with Gasteiger partial charge in [-0.25, -0.2) is 19.5 Å². The third-order valence-electron chi connectivity index (χ3n) is 4.43. The van der Waals surface area contributed by atoms with E-state index < -0.39 is 27.3 Å². The fourth-order valence-corrected chi connectivity index (χ4v) is 3.67. The lowest BCUT2D eigenvalue weighted by molar-refractivity contribution is 0.0467. The summed E-state index contributed by atoms with van der Waals surface area (Å²) < 4.78 is 13.3. The molecule has 6 nitrogen and oxygen atoms in total. The van der Waals surface area contributed by atoms with Crippen molar-refractivity contribution in [1.29, 1.82) is 0 Å². The third-order valence-corrected chi connectivity index (χ3v) is 5.82. The molecule has 0 aliphatic carbocycles. The fraction of sp³-hybridized carbons (Fsp3) is 0.636. The number of fused-ring (bicyclic) bond motifs is 1. The quantitative estimate of drug-likeness (QED) is 0.651. The third kappa shape index (κ3) is 6.64. The number of nitrogens with zero attached hydrogens (tertiary/aromatic N) is 2. The predicted molar refractivity (Wildman–Crippen MR) is 123 cm³/mol. The average molecular weight is 424 g/mol. The highest BCUT2D eigenvalue weighted by Crippen LogP contribution is 2.34. The number of ether oxygens (including phenoxy) is 2. The summed E-state index contributed by atoms with van der Waals surface area (Å²) in [6.45, 7) is 12.6. The molecule has 1 amide bonds. The van der Waals surface area contributed by atoms with Gasteiger partial charge in [0, 0.05) is 11.1 Å². The number of para-hydroxylation sites is 1. The standard InChI is InChI=1S/C22H37N3O3S/c1-16-11-10-12-17-18(16)25(15-27-13-14-29(7,8)9)24-19(17)22(5,6)23-20(26)28-21(2,3)4/h10-12H,13-15H2,1-9H3,(H,23,26). The van der Waals surface area contributed by atoms with Gasteiger partial charge in [0.05, 0.1) is 23.4 Å². The molecule has 0 saturated carbocycles. The fourth-order valence-electron chi connectivity index (χ4n) is 3.05. The van der Waals surface area contributed by atoms with Crippen LogP contribution < -0.4 is 5.32 Å². The Kier molecular flexibility index (Phi) is 6.95. The number of nitrogens with one attached hydrogen (secondary N) is 1. The zero-order chi connectivity index (χ0) is 22.0. The Morgan fingerprint density at radius 2 is 1.83 bits per heavy atom. The summed E-state index contributed by atoms with van der Waals surface area (Å²) in [6.07, 6.45) is 6.40. The Morgan fingerprint density at radius 3 is 2.41 bits per heavy atom. The van der Waals surface area contributed by atoms with Gasteiger partial charge in [-0.2, -0.15) is 5.10 Å². The molecule has 7 heteroatoms. The first-order valence-corrected chi connectivity index (χ1v) is 12.9. The number of hydrogen-bond acceptors (Lipinski definition) is 4. The Labute approximate surface area is 176 Å². The summed E-state index contributed by atoms with van der Waals surface area (Å²) >= 11 is 0. The lowest BCUT2D eigenvalue weighted by atomic mass is 9.96. The zero-order valence-electron chi connectivity index (χ0n) is 19.4. The van der Waals surface area contributed by atoms with E-state index in [1.165, 1.54) is 0 Å². The second-order valence-electron chi connectivity index (χ2n) is 9.90. The highest BCUT2D eigenvalue weighted by Gasteiger charge is 2.31. The summed E-state index contributed by atoms with van der Waals surface area (Å²) in [6, 6.07) is 6.12. The Bertz CT molecular complexity index is 861. The monoisotopic (exact) mass is 423 g/mol. The van der Waals surface area contributed by atoms with Gasteiger partial charge >= 0.3 is 6.09 Å². The van der Waals surface area contributed by atoms with Gasteiger partial charge in [-0.1, -0.05) is 18.2 Å². The molecule has 164 valence electrons. The molecular formula is C22H37N3O3S. The minimum absolute atomic E-state index is 0.388. The number of aryl methyl sites for hydroxylation is 1. The van der Waals surface area contributed by atoms with Gasteiger partial charge in [-0.15, -0.1) is 0 Å². The molecule has 1 aromatic heterocycles. The number of aromatic nitrogens is 2. The van der Waals surface area contributed by atoms with E-state index in [0.717, 1.165) is 27.9 Å². The average Bonchev–Trinajstić information content (AvgIpc) is 2.89. The maximum atomic E-state index is 12.4. The zero-order valence-corrected chi connectivity index (χ0v) is 20.2. The van der Waals surface area contributed by atoms with Gasteiger partial charge in [0.25, 0.3) is 0 Å². The van der Waals surface area contributed by atoms with E-state index >= 15 is 0 Å². The number of rotatable bonds is 7. The van der Waals surface area contributed by atoms with Gasteiger partial charge in [0.2, 0.25) is 0 Å². The Balaban J connectivity index is 2.29. The number of benzene rings is 1. The van der Waals surface area contributed by atoms with Crippen LogP contribution in [0.4, 0.5) is 4.79 Å². The number of carbonyl (C=O) groups excluding carboxylic acids is 1. The van der Waals surface area contributed by atoms with Crippen LogP contribution in [0.25, 0.3) is 10.9 Å². The van der Waals surface area contributed by atoms with Crippen molar-refractivity contribution in [1.82, 2.24) is 15.1 Å². The molecule has 2 rings (SSSR count). The maximum absolute atomic E-state index is 12.4.